The second-order valence-electron chi connectivity index (χ2n) is 6.51. The summed E-state index contributed by atoms with van der Waals surface area (Å²) in [5, 5.41) is 2.37. The first-order chi connectivity index (χ1) is 11.7. The molecule has 3 nitrogen and oxygen atoms in total. The number of aromatic nitrogens is 2. The van der Waals surface area contributed by atoms with Gasteiger partial charge in [0, 0.05) is 0 Å². The third-order valence-electron chi connectivity index (χ3n) is 4.80. The third kappa shape index (κ3) is 1.70. The van der Waals surface area contributed by atoms with E-state index in [-0.39, 0.29) is 0 Å². The molecule has 1 unspecified atom stereocenters. The number of para-hydroxylation sites is 1. The Bertz CT molecular complexity index is 1160. The zero-order valence-electron chi connectivity index (χ0n) is 13.5. The van der Waals surface area contributed by atoms with Gasteiger partial charge in [0.05, 0.1) is 0 Å². The van der Waals surface area contributed by atoms with Gasteiger partial charge in [-0.25, -0.2) is 0 Å². The molecular formula is C20H16N2OSe. The summed E-state index contributed by atoms with van der Waals surface area (Å²) in [5.74, 6) is 1.30. The van der Waals surface area contributed by atoms with Crippen molar-refractivity contribution in [1.29, 1.82) is 0 Å². The summed E-state index contributed by atoms with van der Waals surface area (Å²) in [6, 6.07) is 16.6. The van der Waals surface area contributed by atoms with Crippen LogP contribution < -0.4 is 8.92 Å². The van der Waals surface area contributed by atoms with Crippen molar-refractivity contribution < 1.29 is 3.83 Å². The number of fused-ring (bicyclic) bond motifs is 5. The summed E-state index contributed by atoms with van der Waals surface area (Å²) in [7, 11) is 0. The topological polar surface area (TPSA) is 34.9 Å². The molecule has 4 heteroatoms. The van der Waals surface area contributed by atoms with Crippen LogP contribution in [0.25, 0.3) is 27.6 Å². The third-order valence-corrected chi connectivity index (χ3v) is 7.84. The minimum atomic E-state index is -2.28. The van der Waals surface area contributed by atoms with Gasteiger partial charge in [-0.15, -0.1) is 0 Å². The first-order valence-corrected chi connectivity index (χ1v) is 10.5. The minimum absolute atomic E-state index is 0.465. The molecule has 0 amide bonds. The second-order valence-corrected chi connectivity index (χ2v) is 9.49. The van der Waals surface area contributed by atoms with Gasteiger partial charge < -0.3 is 0 Å². The summed E-state index contributed by atoms with van der Waals surface area (Å²) >= 11 is -2.28. The molecule has 0 saturated carbocycles. The van der Waals surface area contributed by atoms with Crippen molar-refractivity contribution in [3.8, 4) is 5.82 Å². The number of hydrogen-bond acceptors (Lipinski definition) is 2. The van der Waals surface area contributed by atoms with Crippen molar-refractivity contribution in [1.82, 2.24) is 9.55 Å². The standard InChI is InChI=1S/C20H16N2OSe/c1-12(2)13-8-9-14-15-5-3-6-17-19(15)22(16(14)11-13)20-18(24(17)23)7-4-10-21-20/h3-12H,1-2H3. The molecule has 2 aromatic heterocycles. The number of rotatable bonds is 1. The molecule has 0 spiro atoms. The van der Waals surface area contributed by atoms with Crippen molar-refractivity contribution in [2.75, 3.05) is 0 Å². The SMILES string of the molecule is CC(C)c1ccc2c3cccc4c3n(c2c1)-c1ncccc1[Se]4=O. The van der Waals surface area contributed by atoms with Crippen LogP contribution in [-0.2, 0) is 3.83 Å². The van der Waals surface area contributed by atoms with Gasteiger partial charge >= 0.3 is 144 Å². The van der Waals surface area contributed by atoms with Gasteiger partial charge in [-0.2, -0.15) is 0 Å². The predicted molar refractivity (Wildman–Crippen MR) is 98.4 cm³/mol. The number of hydrogen-bond donors (Lipinski definition) is 0. The monoisotopic (exact) mass is 380 g/mol. The Hall–Kier alpha value is -2.29. The van der Waals surface area contributed by atoms with E-state index in [1.54, 1.807) is 6.20 Å². The molecule has 0 aliphatic carbocycles. The van der Waals surface area contributed by atoms with Crippen LogP contribution in [0.2, 0.25) is 0 Å². The average molecular weight is 379 g/mol. The molecule has 118 valence electrons. The Labute approximate surface area is 144 Å². The van der Waals surface area contributed by atoms with E-state index in [9.17, 15) is 3.83 Å². The van der Waals surface area contributed by atoms with Gasteiger partial charge in [0.25, 0.3) is 0 Å². The maximum atomic E-state index is 13.1. The number of benzene rings is 2. The quantitative estimate of drug-likeness (QED) is 0.420. The predicted octanol–water partition coefficient (Wildman–Crippen LogP) is 3.15. The van der Waals surface area contributed by atoms with Crippen molar-refractivity contribution in [2.24, 2.45) is 0 Å². The van der Waals surface area contributed by atoms with E-state index in [1.807, 2.05) is 24.3 Å². The van der Waals surface area contributed by atoms with Crippen LogP contribution in [-0.4, -0.2) is 23.4 Å². The Morgan fingerprint density at radius 2 is 1.83 bits per heavy atom. The fourth-order valence-corrected chi connectivity index (χ4v) is 6.38. The molecule has 5 rings (SSSR count). The van der Waals surface area contributed by atoms with Gasteiger partial charge in [-0.3, -0.25) is 0 Å². The molecule has 0 fully saturated rings. The summed E-state index contributed by atoms with van der Waals surface area (Å²) in [6.07, 6.45) is 1.79. The van der Waals surface area contributed by atoms with Gasteiger partial charge in [0.2, 0.25) is 0 Å². The van der Waals surface area contributed by atoms with Crippen LogP contribution in [0.5, 0.6) is 0 Å². The number of nitrogens with zero attached hydrogens (tertiary/aromatic N) is 2. The van der Waals surface area contributed by atoms with Crippen LogP contribution in [0, 0.1) is 0 Å². The Morgan fingerprint density at radius 1 is 1.00 bits per heavy atom. The second kappa shape index (κ2) is 4.85. The van der Waals surface area contributed by atoms with Crippen molar-refractivity contribution in [2.45, 2.75) is 19.8 Å². The zero-order valence-corrected chi connectivity index (χ0v) is 15.2. The molecule has 1 aliphatic rings. The molecule has 24 heavy (non-hydrogen) atoms. The van der Waals surface area contributed by atoms with Crippen molar-refractivity contribution in [3.63, 3.8) is 0 Å². The first-order valence-electron chi connectivity index (χ1n) is 8.11. The molecule has 0 N–H and O–H groups in total. The summed E-state index contributed by atoms with van der Waals surface area (Å²) in [6.45, 7) is 4.41. The van der Waals surface area contributed by atoms with E-state index in [1.165, 1.54) is 16.3 Å². The molecule has 0 saturated heterocycles. The fraction of sp³-hybridized carbons (Fsp3) is 0.150. The Kier molecular flexibility index (Phi) is 2.85. The molecule has 4 aromatic rings. The van der Waals surface area contributed by atoms with Crippen LogP contribution in [0.3, 0.4) is 0 Å². The molecule has 3 heterocycles. The van der Waals surface area contributed by atoms with E-state index >= 15 is 0 Å². The van der Waals surface area contributed by atoms with E-state index in [0.29, 0.717) is 5.92 Å². The maximum absolute atomic E-state index is 13.1. The normalized spacial score (nSPS) is 16.0. The van der Waals surface area contributed by atoms with Crippen LogP contribution in [0.1, 0.15) is 25.3 Å². The summed E-state index contributed by atoms with van der Waals surface area (Å²) in [5.41, 5.74) is 3.53. The van der Waals surface area contributed by atoms with Crippen molar-refractivity contribution in [3.05, 3.63) is 60.3 Å². The fourth-order valence-electron chi connectivity index (χ4n) is 3.59. The molecule has 1 atom stereocenters. The van der Waals surface area contributed by atoms with Gasteiger partial charge in [-0.05, 0) is 0 Å². The van der Waals surface area contributed by atoms with Crippen molar-refractivity contribution >= 4 is 44.6 Å². The van der Waals surface area contributed by atoms with Gasteiger partial charge in [0.1, 0.15) is 0 Å². The first kappa shape index (κ1) is 14.1. The van der Waals surface area contributed by atoms with E-state index in [2.05, 4.69) is 47.7 Å². The Balaban J connectivity index is 2.05. The molecule has 1 aliphatic heterocycles. The van der Waals surface area contributed by atoms with Crippen LogP contribution in [0.4, 0.5) is 0 Å². The number of pyridine rings is 1. The summed E-state index contributed by atoms with van der Waals surface area (Å²) in [4.78, 5) is 4.58. The van der Waals surface area contributed by atoms with Gasteiger partial charge in [-0.1, -0.05) is 0 Å². The van der Waals surface area contributed by atoms with E-state index < -0.39 is 13.8 Å². The molecule has 0 bridgehead atoms. The van der Waals surface area contributed by atoms with E-state index in [0.717, 1.165) is 25.8 Å². The average Bonchev–Trinajstić information content (AvgIpc) is 2.94. The molecular weight excluding hydrogens is 363 g/mol. The van der Waals surface area contributed by atoms with Crippen LogP contribution >= 0.6 is 0 Å². The van der Waals surface area contributed by atoms with Crippen LogP contribution in [0.15, 0.2) is 54.7 Å². The van der Waals surface area contributed by atoms with E-state index in [4.69, 9.17) is 0 Å². The molecule has 0 radical (unpaired) electrons. The van der Waals surface area contributed by atoms with Gasteiger partial charge in [0.15, 0.2) is 0 Å². The molecule has 2 aromatic carbocycles. The summed E-state index contributed by atoms with van der Waals surface area (Å²) < 4.78 is 17.2. The zero-order chi connectivity index (χ0) is 16.4. The Morgan fingerprint density at radius 3 is 2.67 bits per heavy atom.